The van der Waals surface area contributed by atoms with Gasteiger partial charge in [-0.3, -0.25) is 9.59 Å². The maximum absolute atomic E-state index is 12.9. The fraction of sp³-hybridized carbons (Fsp3) is 0.259. The fourth-order valence-corrected chi connectivity index (χ4v) is 3.75. The molecule has 1 saturated heterocycles. The van der Waals surface area contributed by atoms with Crippen LogP contribution in [0.5, 0.6) is 5.75 Å². The smallest absolute Gasteiger partial charge is 0.259 e. The zero-order valence-corrected chi connectivity index (χ0v) is 18.5. The van der Waals surface area contributed by atoms with Crippen molar-refractivity contribution in [2.24, 2.45) is 0 Å². The van der Waals surface area contributed by atoms with Gasteiger partial charge in [-0.25, -0.2) is 0 Å². The largest absolute Gasteiger partial charge is 0.492 e. The molecule has 0 aliphatic carbocycles. The number of ether oxygens (including phenoxy) is 2. The Morgan fingerprint density at radius 3 is 2.58 bits per heavy atom. The lowest BCUT2D eigenvalue weighted by Gasteiger charge is -2.13. The molecular weight excluding hydrogens is 416 g/mol. The number of para-hydroxylation sites is 1. The van der Waals surface area contributed by atoms with Crippen LogP contribution in [0.4, 0.5) is 5.69 Å². The van der Waals surface area contributed by atoms with E-state index in [9.17, 15) is 9.59 Å². The topological polar surface area (TPSA) is 76.7 Å². The summed E-state index contributed by atoms with van der Waals surface area (Å²) in [4.78, 5) is 25.4. The molecule has 0 bridgehead atoms. The van der Waals surface area contributed by atoms with Crippen molar-refractivity contribution in [3.8, 4) is 5.75 Å². The van der Waals surface area contributed by atoms with E-state index in [2.05, 4.69) is 10.6 Å². The molecule has 0 radical (unpaired) electrons. The average molecular weight is 445 g/mol. The highest BCUT2D eigenvalue weighted by molar-refractivity contribution is 6.06. The zero-order valence-electron chi connectivity index (χ0n) is 18.5. The number of hydrogen-bond acceptors (Lipinski definition) is 4. The zero-order chi connectivity index (χ0) is 22.9. The van der Waals surface area contributed by atoms with Crippen LogP contribution in [0, 0.1) is 0 Å². The van der Waals surface area contributed by atoms with Crippen LogP contribution in [-0.4, -0.2) is 37.7 Å². The van der Waals surface area contributed by atoms with Gasteiger partial charge in [0, 0.05) is 30.8 Å². The minimum atomic E-state index is -0.290. The summed E-state index contributed by atoms with van der Waals surface area (Å²) in [5.74, 6) is 0.0462. The van der Waals surface area contributed by atoms with E-state index in [0.717, 1.165) is 25.9 Å². The number of anilines is 1. The SMILES string of the molecule is O=C(NCC1CCCO1)c1cccc(NC(=O)c2ccccc2OCCc2ccccc2)c1. The van der Waals surface area contributed by atoms with Crippen LogP contribution in [0.2, 0.25) is 0 Å². The first-order valence-electron chi connectivity index (χ1n) is 11.3. The Hall–Kier alpha value is -3.64. The Bertz CT molecular complexity index is 1080. The maximum atomic E-state index is 12.9. The summed E-state index contributed by atoms with van der Waals surface area (Å²) in [5, 5.41) is 5.78. The molecule has 6 heteroatoms. The van der Waals surface area contributed by atoms with E-state index in [1.165, 1.54) is 5.56 Å². The Labute approximate surface area is 193 Å². The Morgan fingerprint density at radius 2 is 1.76 bits per heavy atom. The van der Waals surface area contributed by atoms with E-state index in [-0.39, 0.29) is 17.9 Å². The average Bonchev–Trinajstić information content (AvgIpc) is 3.37. The minimum Gasteiger partial charge on any atom is -0.492 e. The molecule has 4 rings (SSSR count). The van der Waals surface area contributed by atoms with Gasteiger partial charge >= 0.3 is 0 Å². The van der Waals surface area contributed by atoms with Crippen molar-refractivity contribution in [2.45, 2.75) is 25.4 Å². The molecular formula is C27H28N2O4. The van der Waals surface area contributed by atoms with Gasteiger partial charge < -0.3 is 20.1 Å². The first-order valence-corrected chi connectivity index (χ1v) is 11.3. The van der Waals surface area contributed by atoms with Gasteiger partial charge in [-0.05, 0) is 48.7 Å². The summed E-state index contributed by atoms with van der Waals surface area (Å²) < 4.78 is 11.5. The van der Waals surface area contributed by atoms with Crippen molar-refractivity contribution in [2.75, 3.05) is 25.1 Å². The highest BCUT2D eigenvalue weighted by Crippen LogP contribution is 2.21. The number of benzene rings is 3. The van der Waals surface area contributed by atoms with Gasteiger partial charge in [0.25, 0.3) is 11.8 Å². The highest BCUT2D eigenvalue weighted by atomic mass is 16.5. The second kappa shape index (κ2) is 11.3. The van der Waals surface area contributed by atoms with Crippen molar-refractivity contribution in [3.05, 3.63) is 95.6 Å². The molecule has 2 amide bonds. The van der Waals surface area contributed by atoms with Crippen LogP contribution >= 0.6 is 0 Å². The first-order chi connectivity index (χ1) is 16.2. The van der Waals surface area contributed by atoms with Crippen molar-refractivity contribution in [1.29, 1.82) is 0 Å². The van der Waals surface area contributed by atoms with Crippen LogP contribution in [0.25, 0.3) is 0 Å². The number of nitrogens with one attached hydrogen (secondary N) is 2. The molecule has 3 aromatic rings. The molecule has 1 aliphatic heterocycles. The molecule has 1 unspecified atom stereocenters. The number of carbonyl (C=O) groups excluding carboxylic acids is 2. The van der Waals surface area contributed by atoms with Crippen molar-refractivity contribution in [1.82, 2.24) is 5.32 Å². The second-order valence-electron chi connectivity index (χ2n) is 7.96. The first kappa shape index (κ1) is 22.6. The number of amides is 2. The molecule has 33 heavy (non-hydrogen) atoms. The van der Waals surface area contributed by atoms with E-state index in [1.807, 2.05) is 36.4 Å². The van der Waals surface area contributed by atoms with Gasteiger partial charge in [0.05, 0.1) is 18.3 Å². The highest BCUT2D eigenvalue weighted by Gasteiger charge is 2.17. The van der Waals surface area contributed by atoms with Crippen LogP contribution < -0.4 is 15.4 Å². The molecule has 0 aromatic heterocycles. The lowest BCUT2D eigenvalue weighted by atomic mass is 10.1. The Kier molecular flexibility index (Phi) is 7.72. The lowest BCUT2D eigenvalue weighted by Crippen LogP contribution is -2.31. The molecule has 1 heterocycles. The molecule has 6 nitrogen and oxygen atoms in total. The monoisotopic (exact) mass is 444 g/mol. The van der Waals surface area contributed by atoms with Crippen LogP contribution in [0.15, 0.2) is 78.9 Å². The molecule has 170 valence electrons. The van der Waals surface area contributed by atoms with Gasteiger partial charge in [-0.1, -0.05) is 48.5 Å². The summed E-state index contributed by atoms with van der Waals surface area (Å²) >= 11 is 0. The Morgan fingerprint density at radius 1 is 0.939 bits per heavy atom. The molecule has 2 N–H and O–H groups in total. The van der Waals surface area contributed by atoms with Crippen molar-refractivity contribution >= 4 is 17.5 Å². The summed E-state index contributed by atoms with van der Waals surface area (Å²) in [6.07, 6.45) is 2.82. The van der Waals surface area contributed by atoms with Crippen LogP contribution in [0.3, 0.4) is 0 Å². The third-order valence-electron chi connectivity index (χ3n) is 5.52. The van der Waals surface area contributed by atoms with Crippen molar-refractivity contribution < 1.29 is 19.1 Å². The van der Waals surface area contributed by atoms with Crippen molar-refractivity contribution in [3.63, 3.8) is 0 Å². The summed E-state index contributed by atoms with van der Waals surface area (Å²) in [6.45, 7) is 1.71. The predicted octanol–water partition coefficient (Wildman–Crippen LogP) is 4.47. The minimum absolute atomic E-state index is 0.0789. The molecule has 1 fully saturated rings. The fourth-order valence-electron chi connectivity index (χ4n) is 3.75. The Balaban J connectivity index is 1.36. The van der Waals surface area contributed by atoms with E-state index in [0.29, 0.717) is 35.7 Å². The van der Waals surface area contributed by atoms with Gasteiger partial charge in [-0.15, -0.1) is 0 Å². The van der Waals surface area contributed by atoms with Gasteiger partial charge in [-0.2, -0.15) is 0 Å². The van der Waals surface area contributed by atoms with Crippen LogP contribution in [0.1, 0.15) is 39.1 Å². The normalized spacial score (nSPS) is 15.1. The quantitative estimate of drug-likeness (QED) is 0.511. The number of rotatable bonds is 9. The van der Waals surface area contributed by atoms with Gasteiger partial charge in [0.1, 0.15) is 5.75 Å². The molecule has 1 atom stereocenters. The third kappa shape index (κ3) is 6.43. The third-order valence-corrected chi connectivity index (χ3v) is 5.52. The summed E-state index contributed by atoms with van der Waals surface area (Å²) in [6, 6.07) is 24.1. The standard InChI is InChI=1S/C27H28N2O4/c30-26(28-19-23-12-7-16-32-23)21-10-6-11-22(18-21)29-27(31)24-13-4-5-14-25(24)33-17-15-20-8-2-1-3-9-20/h1-6,8-11,13-14,18,23H,7,12,15-17,19H2,(H,28,30)(H,29,31). The van der Waals surface area contributed by atoms with E-state index in [1.54, 1.807) is 42.5 Å². The van der Waals surface area contributed by atoms with E-state index >= 15 is 0 Å². The number of carbonyl (C=O) groups is 2. The lowest BCUT2D eigenvalue weighted by molar-refractivity contribution is 0.0857. The molecule has 0 saturated carbocycles. The van der Waals surface area contributed by atoms with Gasteiger partial charge in [0.15, 0.2) is 0 Å². The number of hydrogen-bond donors (Lipinski definition) is 2. The predicted molar refractivity (Wildman–Crippen MR) is 128 cm³/mol. The molecule has 0 spiro atoms. The van der Waals surface area contributed by atoms with E-state index in [4.69, 9.17) is 9.47 Å². The summed E-state index contributed by atoms with van der Waals surface area (Å²) in [5.41, 5.74) is 2.65. The molecule has 1 aliphatic rings. The second-order valence-corrected chi connectivity index (χ2v) is 7.96. The van der Waals surface area contributed by atoms with Gasteiger partial charge in [0.2, 0.25) is 0 Å². The molecule has 3 aromatic carbocycles. The van der Waals surface area contributed by atoms with E-state index < -0.39 is 0 Å². The van der Waals surface area contributed by atoms with Crippen LogP contribution in [-0.2, 0) is 11.2 Å². The maximum Gasteiger partial charge on any atom is 0.259 e. The summed E-state index contributed by atoms with van der Waals surface area (Å²) in [7, 11) is 0.